The van der Waals surface area contributed by atoms with Crippen LogP contribution in [0.2, 0.25) is 0 Å². The van der Waals surface area contributed by atoms with Gasteiger partial charge in [-0.2, -0.15) is 0 Å². The van der Waals surface area contributed by atoms with Gasteiger partial charge < -0.3 is 10.6 Å². The molecule has 0 saturated carbocycles. The smallest absolute Gasteiger partial charge is 0.146 e. The Bertz CT molecular complexity index is 754. The summed E-state index contributed by atoms with van der Waals surface area (Å²) in [5.74, 6) is -0.257. The molecule has 3 rings (SSSR count). The first-order valence-corrected chi connectivity index (χ1v) is 7.24. The summed E-state index contributed by atoms with van der Waals surface area (Å²) in [6, 6.07) is 10.6. The zero-order valence-electron chi connectivity index (χ0n) is 11.0. The predicted octanol–water partition coefficient (Wildman–Crippen LogP) is 4.18. The Morgan fingerprint density at radius 1 is 1.20 bits per heavy atom. The van der Waals surface area contributed by atoms with Crippen molar-refractivity contribution in [2.45, 2.75) is 6.92 Å². The van der Waals surface area contributed by atoms with Crippen molar-refractivity contribution in [2.24, 2.45) is 0 Å². The molecule has 0 spiro atoms. The third kappa shape index (κ3) is 2.00. The first-order chi connectivity index (χ1) is 9.72. The minimum absolute atomic E-state index is 0.257. The molecule has 1 aromatic heterocycles. The zero-order chi connectivity index (χ0) is 14.1. The van der Waals surface area contributed by atoms with E-state index in [0.717, 1.165) is 15.9 Å². The molecular formula is C15H14FN3S. The summed E-state index contributed by atoms with van der Waals surface area (Å²) in [7, 11) is 0. The number of nitrogens with two attached hydrogens (primary N) is 1. The molecule has 0 aliphatic heterocycles. The van der Waals surface area contributed by atoms with Crippen molar-refractivity contribution >= 4 is 38.6 Å². The third-order valence-corrected chi connectivity index (χ3v) is 4.06. The Kier molecular flexibility index (Phi) is 3.28. The number of rotatable bonds is 3. The van der Waals surface area contributed by atoms with E-state index in [-0.39, 0.29) is 5.82 Å². The van der Waals surface area contributed by atoms with Crippen LogP contribution in [0.1, 0.15) is 6.92 Å². The number of aromatic nitrogens is 1. The van der Waals surface area contributed by atoms with Crippen LogP contribution in [-0.2, 0) is 0 Å². The van der Waals surface area contributed by atoms with Gasteiger partial charge in [0.05, 0.1) is 27.3 Å². The largest absolute Gasteiger partial charge is 0.395 e. The summed E-state index contributed by atoms with van der Waals surface area (Å²) in [6.45, 7) is 2.60. The first kappa shape index (κ1) is 12.9. The van der Waals surface area contributed by atoms with E-state index in [4.69, 9.17) is 5.73 Å². The maximum absolute atomic E-state index is 14.0. The molecule has 102 valence electrons. The van der Waals surface area contributed by atoms with Crippen LogP contribution in [0, 0.1) is 5.82 Å². The number of nitrogens with zero attached hydrogens (tertiary/aromatic N) is 2. The lowest BCUT2D eigenvalue weighted by Gasteiger charge is -2.25. The number of halogens is 1. The lowest BCUT2D eigenvalue weighted by Crippen LogP contribution is -2.18. The minimum Gasteiger partial charge on any atom is -0.395 e. The van der Waals surface area contributed by atoms with Crippen molar-refractivity contribution in [3.05, 3.63) is 47.7 Å². The number of anilines is 3. The highest BCUT2D eigenvalue weighted by Crippen LogP contribution is 2.36. The summed E-state index contributed by atoms with van der Waals surface area (Å²) in [6.07, 6.45) is 0. The highest BCUT2D eigenvalue weighted by Gasteiger charge is 2.16. The van der Waals surface area contributed by atoms with Crippen LogP contribution in [0.4, 0.5) is 21.5 Å². The van der Waals surface area contributed by atoms with Crippen molar-refractivity contribution in [3.63, 3.8) is 0 Å². The van der Waals surface area contributed by atoms with Gasteiger partial charge in [-0.05, 0) is 31.2 Å². The number of nitrogen functional groups attached to an aromatic ring is 1. The molecule has 0 atom stereocenters. The number of thiazole rings is 1. The lowest BCUT2D eigenvalue weighted by molar-refractivity contribution is 0.626. The van der Waals surface area contributed by atoms with Crippen LogP contribution >= 0.6 is 11.3 Å². The average molecular weight is 287 g/mol. The maximum atomic E-state index is 14.0. The monoisotopic (exact) mass is 287 g/mol. The van der Waals surface area contributed by atoms with Crippen molar-refractivity contribution in [3.8, 4) is 0 Å². The fourth-order valence-electron chi connectivity index (χ4n) is 2.32. The average Bonchev–Trinajstić information content (AvgIpc) is 2.93. The van der Waals surface area contributed by atoms with E-state index in [9.17, 15) is 4.39 Å². The topological polar surface area (TPSA) is 42.2 Å². The molecule has 0 saturated heterocycles. The zero-order valence-corrected chi connectivity index (χ0v) is 11.8. The van der Waals surface area contributed by atoms with E-state index >= 15 is 0 Å². The van der Waals surface area contributed by atoms with Gasteiger partial charge >= 0.3 is 0 Å². The second-order valence-electron chi connectivity index (χ2n) is 4.39. The number of hydrogen-bond donors (Lipinski definition) is 1. The fourth-order valence-corrected chi connectivity index (χ4v) is 3.01. The Morgan fingerprint density at radius 2 is 2.00 bits per heavy atom. The molecule has 0 fully saturated rings. The van der Waals surface area contributed by atoms with E-state index in [2.05, 4.69) is 4.98 Å². The number of fused-ring (bicyclic) bond motifs is 1. The summed E-state index contributed by atoms with van der Waals surface area (Å²) in [5, 5.41) is 0. The summed E-state index contributed by atoms with van der Waals surface area (Å²) in [4.78, 5) is 6.15. The van der Waals surface area contributed by atoms with Gasteiger partial charge in [0.2, 0.25) is 0 Å². The van der Waals surface area contributed by atoms with Crippen molar-refractivity contribution < 1.29 is 4.39 Å². The van der Waals surface area contributed by atoms with E-state index in [1.165, 1.54) is 6.07 Å². The Balaban J connectivity index is 2.17. The molecule has 2 N–H and O–H groups in total. The molecule has 0 aliphatic carbocycles. The van der Waals surface area contributed by atoms with E-state index < -0.39 is 0 Å². The molecule has 2 aromatic carbocycles. The molecule has 0 aliphatic rings. The predicted molar refractivity (Wildman–Crippen MR) is 83.1 cm³/mol. The molecule has 0 amide bonds. The van der Waals surface area contributed by atoms with Crippen LogP contribution in [0.5, 0.6) is 0 Å². The summed E-state index contributed by atoms with van der Waals surface area (Å²) in [5.41, 5.74) is 10.7. The standard InChI is InChI=1S/C15H14FN3S/c1-2-19(11-6-4-3-5-10(11)16)12-7-8-13-15(14(12)17)18-9-20-13/h3-9H,2,17H2,1H3. The summed E-state index contributed by atoms with van der Waals surface area (Å²) >= 11 is 1.54. The van der Waals surface area contributed by atoms with E-state index in [0.29, 0.717) is 17.9 Å². The van der Waals surface area contributed by atoms with Gasteiger partial charge in [0.1, 0.15) is 11.3 Å². The molecule has 5 heteroatoms. The normalized spacial score (nSPS) is 10.9. The molecule has 3 aromatic rings. The Hall–Kier alpha value is -2.14. The molecule has 1 heterocycles. The van der Waals surface area contributed by atoms with Crippen LogP contribution in [-0.4, -0.2) is 11.5 Å². The van der Waals surface area contributed by atoms with Crippen molar-refractivity contribution in [1.82, 2.24) is 4.98 Å². The number of hydrogen-bond acceptors (Lipinski definition) is 4. The van der Waals surface area contributed by atoms with Gasteiger partial charge in [-0.15, -0.1) is 11.3 Å². The highest BCUT2D eigenvalue weighted by molar-refractivity contribution is 7.16. The Labute approximate surface area is 120 Å². The molecular weight excluding hydrogens is 273 g/mol. The van der Waals surface area contributed by atoms with Gasteiger partial charge in [-0.1, -0.05) is 12.1 Å². The highest BCUT2D eigenvalue weighted by atomic mass is 32.1. The quantitative estimate of drug-likeness (QED) is 0.735. The van der Waals surface area contributed by atoms with Crippen LogP contribution in [0.25, 0.3) is 10.2 Å². The molecule has 20 heavy (non-hydrogen) atoms. The fraction of sp³-hybridized carbons (Fsp3) is 0.133. The van der Waals surface area contributed by atoms with Gasteiger partial charge in [0.25, 0.3) is 0 Å². The van der Waals surface area contributed by atoms with Gasteiger partial charge in [-0.25, -0.2) is 9.37 Å². The molecule has 0 unspecified atom stereocenters. The van der Waals surface area contributed by atoms with Gasteiger partial charge in [0, 0.05) is 6.54 Å². The van der Waals surface area contributed by atoms with Crippen LogP contribution in [0.15, 0.2) is 41.9 Å². The lowest BCUT2D eigenvalue weighted by atomic mass is 10.2. The van der Waals surface area contributed by atoms with Gasteiger partial charge in [-0.3, -0.25) is 0 Å². The maximum Gasteiger partial charge on any atom is 0.146 e. The number of para-hydroxylation sites is 1. The second kappa shape index (κ2) is 5.09. The number of benzene rings is 2. The van der Waals surface area contributed by atoms with Gasteiger partial charge in [0.15, 0.2) is 0 Å². The molecule has 0 bridgehead atoms. The first-order valence-electron chi connectivity index (χ1n) is 6.36. The van der Waals surface area contributed by atoms with Crippen molar-refractivity contribution in [2.75, 3.05) is 17.2 Å². The van der Waals surface area contributed by atoms with Crippen LogP contribution < -0.4 is 10.6 Å². The van der Waals surface area contributed by atoms with E-state index in [1.54, 1.807) is 29.0 Å². The minimum atomic E-state index is -0.257. The third-order valence-electron chi connectivity index (χ3n) is 3.27. The van der Waals surface area contributed by atoms with E-state index in [1.807, 2.05) is 30.0 Å². The summed E-state index contributed by atoms with van der Waals surface area (Å²) < 4.78 is 15.0. The van der Waals surface area contributed by atoms with Crippen molar-refractivity contribution in [1.29, 1.82) is 0 Å². The van der Waals surface area contributed by atoms with Crippen LogP contribution in [0.3, 0.4) is 0 Å². The Morgan fingerprint density at radius 3 is 2.75 bits per heavy atom. The SMILES string of the molecule is CCN(c1ccccc1F)c1ccc2scnc2c1N. The molecule has 3 nitrogen and oxygen atoms in total. The second-order valence-corrected chi connectivity index (χ2v) is 5.28. The molecule has 0 radical (unpaired) electrons.